The molecule has 3 aliphatic carbocycles. The summed E-state index contributed by atoms with van der Waals surface area (Å²) in [6.45, 7) is 24.9. The number of alkyl carbamates (subject to hydrolysis) is 1. The summed E-state index contributed by atoms with van der Waals surface area (Å²) in [7, 11) is -0.317. The van der Waals surface area contributed by atoms with E-state index in [2.05, 4.69) is 26.1 Å². The molecule has 2 heterocycles. The number of hydrogen-bond donors (Lipinski definition) is 1. The summed E-state index contributed by atoms with van der Waals surface area (Å²) in [5.74, 6) is -0.0677. The third-order valence-electron chi connectivity index (χ3n) is 11.0. The molecule has 6 rings (SSSR count). The summed E-state index contributed by atoms with van der Waals surface area (Å²) in [6, 6.07) is 2.55. The predicted molar refractivity (Wildman–Crippen MR) is 210 cm³/mol. The lowest BCUT2D eigenvalue weighted by atomic mass is 9.43. The summed E-state index contributed by atoms with van der Waals surface area (Å²) in [5, 5.41) is 2.55. The van der Waals surface area contributed by atoms with Gasteiger partial charge in [0.1, 0.15) is 40.3 Å². The van der Waals surface area contributed by atoms with Gasteiger partial charge in [-0.3, -0.25) is 9.59 Å². The van der Waals surface area contributed by atoms with Crippen LogP contribution in [0.4, 0.5) is 4.79 Å². The van der Waals surface area contributed by atoms with Crippen molar-refractivity contribution in [3.8, 4) is 5.75 Å². The Bertz CT molecular complexity index is 1560. The Morgan fingerprint density at radius 3 is 2.11 bits per heavy atom. The molecule has 12 nitrogen and oxygen atoms in total. The van der Waals surface area contributed by atoms with Gasteiger partial charge < -0.3 is 38.5 Å². The quantitative estimate of drug-likeness (QED) is 0.158. The van der Waals surface area contributed by atoms with Crippen LogP contribution in [0.3, 0.4) is 0 Å². The van der Waals surface area contributed by atoms with Crippen molar-refractivity contribution >= 4 is 44.6 Å². The van der Waals surface area contributed by atoms with Crippen molar-refractivity contribution in [2.45, 2.75) is 163 Å². The molecule has 5 atom stereocenters. The van der Waals surface area contributed by atoms with Gasteiger partial charge in [-0.1, -0.05) is 19.9 Å². The maximum absolute atomic E-state index is 13.7. The Balaban J connectivity index is 0.00000650. The molecule has 5 aliphatic rings. The molecule has 2 saturated heterocycles. The van der Waals surface area contributed by atoms with Crippen LogP contribution in [0.1, 0.15) is 124 Å². The van der Waals surface area contributed by atoms with Crippen molar-refractivity contribution in [3.05, 3.63) is 28.8 Å². The summed E-state index contributed by atoms with van der Waals surface area (Å²) in [5.41, 5.74) is -0.241. The van der Waals surface area contributed by atoms with Crippen LogP contribution < -0.4 is 10.1 Å². The summed E-state index contributed by atoms with van der Waals surface area (Å²) in [4.78, 5) is 54.1. The van der Waals surface area contributed by atoms with E-state index in [0.717, 1.165) is 17.5 Å². The highest BCUT2D eigenvalue weighted by atomic mass is 32.1. The van der Waals surface area contributed by atoms with Crippen LogP contribution in [0.2, 0.25) is 6.32 Å². The highest BCUT2D eigenvalue weighted by Gasteiger charge is 2.67. The number of hydrogen-bond acceptors (Lipinski definition) is 10. The molecular formula is C40H63BN2O10S. The molecule has 1 aromatic carbocycles. The minimum Gasteiger partial charge on any atom is -0.486 e. The number of benzene rings is 1. The lowest BCUT2D eigenvalue weighted by molar-refractivity contribution is -0.199. The fourth-order valence-corrected chi connectivity index (χ4v) is 8.32. The number of esters is 2. The lowest BCUT2D eigenvalue weighted by Gasteiger charge is -2.64. The van der Waals surface area contributed by atoms with E-state index in [1.165, 1.54) is 11.3 Å². The molecule has 0 aromatic heterocycles. The van der Waals surface area contributed by atoms with Gasteiger partial charge in [0.05, 0.1) is 31.2 Å². The average molecular weight is 775 g/mol. The number of carbonyl (C=O) groups is 4. The molecule has 0 unspecified atom stereocenters. The summed E-state index contributed by atoms with van der Waals surface area (Å²) < 4.78 is 36.1. The van der Waals surface area contributed by atoms with Gasteiger partial charge in [0.25, 0.3) is 0 Å². The zero-order chi connectivity index (χ0) is 39.5. The number of rotatable bonds is 10. The monoisotopic (exact) mass is 774 g/mol. The van der Waals surface area contributed by atoms with E-state index >= 15 is 0 Å². The SMILES string of the molecule is Cc1c(CCB2O[C@@H]3C[C@@H]4C[C@@H](C4(C)C)[C@]3(C)O2)ccc(OC2CN(C(=O)[C@H](CC(=O)OC(C)(C)C)NC(=O)OC(C)(C)C)C2)c1C(=O)OC(C)(C)C.S. The number of carbonyl (C=O) groups excluding carboxylic acids is 4. The molecule has 5 fully saturated rings. The molecule has 302 valence electrons. The van der Waals surface area contributed by atoms with Crippen molar-refractivity contribution in [3.63, 3.8) is 0 Å². The minimum atomic E-state index is -1.20. The number of nitrogens with one attached hydrogen (secondary N) is 1. The van der Waals surface area contributed by atoms with Crippen LogP contribution in [0.25, 0.3) is 0 Å². The van der Waals surface area contributed by atoms with Crippen molar-refractivity contribution < 1.29 is 47.4 Å². The van der Waals surface area contributed by atoms with Crippen molar-refractivity contribution in [2.75, 3.05) is 13.1 Å². The Kier molecular flexibility index (Phi) is 12.6. The second-order valence-corrected chi connectivity index (χ2v) is 19.1. The Labute approximate surface area is 329 Å². The molecule has 2 aliphatic heterocycles. The first-order valence-corrected chi connectivity index (χ1v) is 19.1. The van der Waals surface area contributed by atoms with Crippen LogP contribution in [-0.4, -0.2) is 89.7 Å². The predicted octanol–water partition coefficient (Wildman–Crippen LogP) is 6.55. The maximum Gasteiger partial charge on any atom is 0.457 e. The molecule has 0 spiro atoms. The maximum atomic E-state index is 13.7. The number of aryl methyl sites for hydroxylation is 1. The smallest absolute Gasteiger partial charge is 0.457 e. The Morgan fingerprint density at radius 1 is 0.926 bits per heavy atom. The Hall–Kier alpha value is -2.97. The third-order valence-corrected chi connectivity index (χ3v) is 11.0. The molecule has 14 heteroatoms. The Morgan fingerprint density at radius 2 is 1.54 bits per heavy atom. The molecule has 3 saturated carbocycles. The zero-order valence-corrected chi connectivity index (χ0v) is 35.6. The molecule has 1 N–H and O–H groups in total. The van der Waals surface area contributed by atoms with E-state index in [4.69, 9.17) is 28.3 Å². The number of nitrogens with zero attached hydrogens (tertiary/aromatic N) is 1. The van der Waals surface area contributed by atoms with Gasteiger partial charge in [0, 0.05) is 0 Å². The van der Waals surface area contributed by atoms with Crippen LogP contribution >= 0.6 is 13.5 Å². The van der Waals surface area contributed by atoms with Crippen molar-refractivity contribution in [1.29, 1.82) is 0 Å². The van der Waals surface area contributed by atoms with Crippen LogP contribution in [0.15, 0.2) is 12.1 Å². The second-order valence-electron chi connectivity index (χ2n) is 19.1. The van der Waals surface area contributed by atoms with E-state index in [0.29, 0.717) is 35.9 Å². The normalized spacial score (nSPS) is 25.2. The number of likely N-dealkylation sites (tertiary alicyclic amines) is 1. The fourth-order valence-electron chi connectivity index (χ4n) is 8.32. The average Bonchev–Trinajstić information content (AvgIpc) is 3.30. The largest absolute Gasteiger partial charge is 0.486 e. The van der Waals surface area contributed by atoms with E-state index in [1.807, 2.05) is 33.8 Å². The first-order chi connectivity index (χ1) is 24.3. The highest BCUT2D eigenvalue weighted by Crippen LogP contribution is 2.65. The zero-order valence-electron chi connectivity index (χ0n) is 34.6. The number of amides is 2. The molecule has 1 aromatic rings. The molecule has 54 heavy (non-hydrogen) atoms. The fraction of sp³-hybridized carbons (Fsp3) is 0.750. The molecule has 2 amide bonds. The standard InChI is InChI=1S/C40H61BN2O10.H2S/c1-23-24(16-17-41-52-30-19-25-18-29(39(25,11)12)40(30,13)53-41)14-15-28(32(23)34(46)50-37(5,6)7)48-26-21-43(22-26)33(45)27(20-31(44)49-36(2,3)4)42-35(47)51-38(8,9)10;/h14-15,25-27,29-30H,16-22H2,1-13H3,(H,42,47);1H2/t25-,27-,29-,30+,40-;/m0./s1. The van der Waals surface area contributed by atoms with Gasteiger partial charge in [0.15, 0.2) is 0 Å². The minimum absolute atomic E-state index is 0. The molecule has 0 radical (unpaired) electrons. The van der Waals surface area contributed by atoms with Crippen molar-refractivity contribution in [1.82, 2.24) is 10.2 Å². The van der Waals surface area contributed by atoms with Crippen LogP contribution in [0.5, 0.6) is 5.75 Å². The van der Waals surface area contributed by atoms with Gasteiger partial charge in [-0.15, -0.1) is 0 Å². The second kappa shape index (κ2) is 15.5. The van der Waals surface area contributed by atoms with Gasteiger partial charge in [-0.25, -0.2) is 9.59 Å². The summed E-state index contributed by atoms with van der Waals surface area (Å²) in [6.07, 6.45) is 2.00. The van der Waals surface area contributed by atoms with Gasteiger partial charge in [-0.05, 0) is 136 Å². The van der Waals surface area contributed by atoms with E-state index in [1.54, 1.807) is 47.6 Å². The van der Waals surface area contributed by atoms with Crippen LogP contribution in [-0.2, 0) is 39.5 Å². The van der Waals surface area contributed by atoms with Crippen LogP contribution in [0, 0.1) is 24.2 Å². The third kappa shape index (κ3) is 9.88. The first kappa shape index (κ1) is 43.8. The molecule has 2 bridgehead atoms. The van der Waals surface area contributed by atoms with Crippen molar-refractivity contribution in [2.24, 2.45) is 17.3 Å². The number of ether oxygens (including phenoxy) is 4. The van der Waals surface area contributed by atoms with Gasteiger partial charge in [0.2, 0.25) is 5.91 Å². The van der Waals surface area contributed by atoms with E-state index in [9.17, 15) is 19.2 Å². The highest BCUT2D eigenvalue weighted by molar-refractivity contribution is 7.59. The summed E-state index contributed by atoms with van der Waals surface area (Å²) >= 11 is 0. The van der Waals surface area contributed by atoms with E-state index < -0.39 is 52.9 Å². The lowest BCUT2D eigenvalue weighted by Crippen LogP contribution is -2.65. The molecular weight excluding hydrogens is 711 g/mol. The van der Waals surface area contributed by atoms with Gasteiger partial charge >= 0.3 is 25.2 Å². The van der Waals surface area contributed by atoms with E-state index in [-0.39, 0.29) is 57.2 Å². The van der Waals surface area contributed by atoms with Gasteiger partial charge in [-0.2, -0.15) is 13.5 Å². The topological polar surface area (TPSA) is 139 Å². The first-order valence-electron chi connectivity index (χ1n) is 19.1.